The molecule has 0 atom stereocenters. The summed E-state index contributed by atoms with van der Waals surface area (Å²) in [5.41, 5.74) is 3.23. The molecule has 0 bridgehead atoms. The van der Waals surface area contributed by atoms with Crippen LogP contribution < -0.4 is 24.8 Å². The number of hydrogen-bond donors (Lipinski definition) is 0. The van der Waals surface area contributed by atoms with Crippen LogP contribution in [0.25, 0.3) is 0 Å². The Hall–Kier alpha value is 0.380. The van der Waals surface area contributed by atoms with Crippen LogP contribution in [0.15, 0.2) is 48.5 Å². The van der Waals surface area contributed by atoms with Crippen molar-refractivity contribution >= 4 is 5.43 Å². The van der Waals surface area contributed by atoms with Crippen molar-refractivity contribution in [3.05, 3.63) is 59.7 Å². The van der Waals surface area contributed by atoms with Gasteiger partial charge in [-0.3, -0.25) is 0 Å². The molecule has 0 N–H and O–H groups in total. The summed E-state index contributed by atoms with van der Waals surface area (Å²) in [7, 11) is 0. The Kier molecular flexibility index (Phi) is 34.0. The van der Waals surface area contributed by atoms with Gasteiger partial charge in [-0.05, 0) is 0 Å². The largest absolute Gasteiger partial charge is 1.00 e. The molecule has 0 fully saturated rings. The van der Waals surface area contributed by atoms with E-state index in [2.05, 4.69) is 75.5 Å². The average molecular weight is 575 g/mol. The van der Waals surface area contributed by atoms with E-state index in [0.29, 0.717) is 0 Å². The molecule has 0 saturated carbocycles. The van der Waals surface area contributed by atoms with E-state index in [9.17, 15) is 0 Å². The van der Waals surface area contributed by atoms with Crippen LogP contribution in [-0.4, -0.2) is 5.43 Å². The second kappa shape index (κ2) is 29.4. The number of halogens is 2. The van der Waals surface area contributed by atoms with E-state index >= 15 is 0 Å². The smallest absolute Gasteiger partial charge is 1.00 e. The summed E-state index contributed by atoms with van der Waals surface area (Å²) >= 11 is 1.74. The van der Waals surface area contributed by atoms with Crippen molar-refractivity contribution in [3.8, 4) is 0 Å². The molecule has 0 aliphatic carbocycles. The molecule has 4 heteroatoms. The molecule has 0 unspecified atom stereocenters. The van der Waals surface area contributed by atoms with E-state index in [1.165, 1.54) is 101 Å². The normalized spacial score (nSPS) is 9.44. The van der Waals surface area contributed by atoms with E-state index in [1.54, 1.807) is 23.3 Å². The molecule has 0 aliphatic rings. The molecule has 0 aromatic heterocycles. The molecule has 0 spiro atoms. The van der Waals surface area contributed by atoms with Crippen LogP contribution >= 0.6 is 0 Å². The third kappa shape index (κ3) is 28.4. The number of unbranched alkanes of at least 4 members (excludes halogenated alkanes) is 10. The molecule has 2 aromatic carbocycles. The van der Waals surface area contributed by atoms with Gasteiger partial charge in [0.25, 0.3) is 0 Å². The third-order valence-corrected chi connectivity index (χ3v) is 5.10. The van der Waals surface area contributed by atoms with Gasteiger partial charge in [0.15, 0.2) is 0 Å². The van der Waals surface area contributed by atoms with Crippen LogP contribution in [0.3, 0.4) is 0 Å². The molecular formula is C28H48Cl2SiZr-2. The van der Waals surface area contributed by atoms with Gasteiger partial charge in [0.2, 0.25) is 0 Å². The van der Waals surface area contributed by atoms with Crippen molar-refractivity contribution in [1.29, 1.82) is 0 Å². The van der Waals surface area contributed by atoms with Gasteiger partial charge in [-0.25, -0.2) is 24.3 Å². The number of rotatable bonds is 14. The second-order valence-electron chi connectivity index (χ2n) is 8.62. The Morgan fingerprint density at radius 2 is 0.781 bits per heavy atom. The summed E-state index contributed by atoms with van der Waals surface area (Å²) in [4.78, 5) is 0. The van der Waals surface area contributed by atoms with E-state index in [-0.39, 0.29) is 30.2 Å². The fraction of sp³-hybridized carbons (Fsp3) is 0.643. The van der Waals surface area contributed by atoms with E-state index in [4.69, 9.17) is 0 Å². The summed E-state index contributed by atoms with van der Waals surface area (Å²) in [6.07, 6.45) is 19.3. The van der Waals surface area contributed by atoms with Crippen LogP contribution in [0.4, 0.5) is 0 Å². The summed E-state index contributed by atoms with van der Waals surface area (Å²) in [6, 6.07) is 17.4. The van der Waals surface area contributed by atoms with Crippen molar-refractivity contribution in [2.24, 2.45) is 0 Å². The Morgan fingerprint density at radius 3 is 1.06 bits per heavy atom. The first-order valence-electron chi connectivity index (χ1n) is 12.5. The quantitative estimate of drug-likeness (QED) is 0.184. The first-order valence-corrected chi connectivity index (χ1v) is 18.7. The van der Waals surface area contributed by atoms with Gasteiger partial charge in [-0.1, -0.05) is 104 Å². The number of aryl methyl sites for hydroxylation is 2. The Labute approximate surface area is 228 Å². The van der Waals surface area contributed by atoms with Crippen molar-refractivity contribution in [3.63, 3.8) is 0 Å². The van der Waals surface area contributed by atoms with Crippen LogP contribution in [0.2, 0.25) is 13.1 Å². The van der Waals surface area contributed by atoms with E-state index in [0.717, 1.165) is 0 Å². The maximum absolute atomic E-state index is 2.31. The van der Waals surface area contributed by atoms with Crippen molar-refractivity contribution < 1.29 is 48.1 Å². The minimum atomic E-state index is 0. The molecule has 0 saturated heterocycles. The molecule has 0 heterocycles. The van der Waals surface area contributed by atoms with Gasteiger partial charge < -0.3 is 24.8 Å². The molecule has 2 aromatic rings. The van der Waals surface area contributed by atoms with E-state index in [1.807, 2.05) is 0 Å². The third-order valence-electron chi connectivity index (χ3n) is 5.10. The van der Waals surface area contributed by atoms with Crippen LogP contribution in [0.5, 0.6) is 0 Å². The average Bonchev–Trinajstić information content (AvgIpc) is 3.41. The maximum atomic E-state index is 2.31. The summed E-state index contributed by atoms with van der Waals surface area (Å²) in [5.74, 6) is 0. The predicted octanol–water partition coefficient (Wildman–Crippen LogP) is 3.41. The number of hydrogen-bond acceptors (Lipinski definition) is 0. The first-order chi connectivity index (χ1) is 14.6. The zero-order chi connectivity index (χ0) is 22.3. The van der Waals surface area contributed by atoms with Crippen molar-refractivity contribution in [2.45, 2.75) is 117 Å². The fourth-order valence-corrected chi connectivity index (χ4v) is 3.38. The van der Waals surface area contributed by atoms with Gasteiger partial charge in [0.05, 0.1) is 0 Å². The topological polar surface area (TPSA) is 0 Å². The summed E-state index contributed by atoms with van der Waals surface area (Å²) < 4.78 is 0. The molecule has 0 radical (unpaired) electrons. The van der Waals surface area contributed by atoms with Crippen LogP contribution in [0, 0.1) is 0 Å². The zero-order valence-electron chi connectivity index (χ0n) is 21.3. The standard InChI is InChI=1S/2C13H21.C2H6Si.2ClH.Zr/c2*1-2-3-4-5-6-7-10-13-11-8-9-12-13;1-3-2;;;/h2*8-9,11-12H,2-7,10H2,1H3;1-2H3;2*1H;/q2*-1;;;;+2/p-2. The van der Waals surface area contributed by atoms with Crippen molar-refractivity contribution in [2.75, 3.05) is 0 Å². The fourth-order valence-electron chi connectivity index (χ4n) is 3.38. The van der Waals surface area contributed by atoms with Gasteiger partial charge in [-0.2, -0.15) is 35.4 Å². The molecular weight excluding hydrogens is 527 g/mol. The van der Waals surface area contributed by atoms with E-state index < -0.39 is 0 Å². The maximum Gasteiger partial charge on any atom is -1.00 e. The van der Waals surface area contributed by atoms with Gasteiger partial charge in [-0.15, -0.1) is 0 Å². The zero-order valence-corrected chi connectivity index (χ0v) is 26.2. The Morgan fingerprint density at radius 1 is 0.531 bits per heavy atom. The molecule has 0 nitrogen and oxygen atoms in total. The summed E-state index contributed by atoms with van der Waals surface area (Å²) in [5, 5.41) is 0. The van der Waals surface area contributed by atoms with Crippen LogP contribution in [-0.2, 0) is 36.2 Å². The Balaban J connectivity index is -0.000000428. The summed E-state index contributed by atoms with van der Waals surface area (Å²) in [6.45, 7) is 9.15. The molecule has 2 rings (SSSR count). The minimum Gasteiger partial charge on any atom is -1.00 e. The molecule has 32 heavy (non-hydrogen) atoms. The monoisotopic (exact) mass is 572 g/mol. The second-order valence-corrected chi connectivity index (χ2v) is 18.0. The molecule has 0 amide bonds. The molecule has 0 aliphatic heterocycles. The Bertz CT molecular complexity index is 514. The van der Waals surface area contributed by atoms with Gasteiger partial charge >= 0.3 is 41.9 Å². The van der Waals surface area contributed by atoms with Gasteiger partial charge in [0, 0.05) is 0 Å². The van der Waals surface area contributed by atoms with Crippen LogP contribution in [0.1, 0.15) is 102 Å². The first kappa shape index (κ1) is 36.9. The van der Waals surface area contributed by atoms with Crippen molar-refractivity contribution in [1.82, 2.24) is 0 Å². The SMILES string of the molecule is CCCCCCCC[c-]1cccc1.CCCCCCCC[c-]1cccc1.C[Si](C)=[Zr+2].[Cl-].[Cl-]. The molecule has 184 valence electrons. The van der Waals surface area contributed by atoms with Gasteiger partial charge in [0.1, 0.15) is 0 Å². The minimum absolute atomic E-state index is 0. The predicted molar refractivity (Wildman–Crippen MR) is 136 cm³/mol.